The topological polar surface area (TPSA) is 68.9 Å². The molecule has 7 heteroatoms. The van der Waals surface area contributed by atoms with Crippen LogP contribution >= 0.6 is 0 Å². The molecular formula is C22H34N6O. The fraction of sp³-hybridized carbons (Fsp3) is 0.545. The average Bonchev–Trinajstić information content (AvgIpc) is 3.07. The molecule has 0 atom stereocenters. The third-order valence-corrected chi connectivity index (χ3v) is 5.23. The molecule has 0 saturated carbocycles. The summed E-state index contributed by atoms with van der Waals surface area (Å²) in [6.07, 6.45) is 1.09. The molecule has 2 heterocycles. The number of oxazole rings is 1. The minimum Gasteiger partial charge on any atom is -0.444 e. The predicted molar refractivity (Wildman–Crippen MR) is 119 cm³/mol. The number of para-hydroxylation sites is 1. The number of aromatic nitrogens is 1. The fourth-order valence-corrected chi connectivity index (χ4v) is 3.47. The van der Waals surface area contributed by atoms with E-state index < -0.39 is 0 Å². The van der Waals surface area contributed by atoms with Crippen molar-refractivity contribution in [2.75, 3.05) is 50.7 Å². The van der Waals surface area contributed by atoms with Crippen LogP contribution in [0.1, 0.15) is 30.7 Å². The van der Waals surface area contributed by atoms with Crippen molar-refractivity contribution < 1.29 is 4.42 Å². The van der Waals surface area contributed by atoms with Gasteiger partial charge in [-0.2, -0.15) is 0 Å². The summed E-state index contributed by atoms with van der Waals surface area (Å²) in [6, 6.07) is 10.7. The summed E-state index contributed by atoms with van der Waals surface area (Å²) in [4.78, 5) is 14.0. The second-order valence-corrected chi connectivity index (χ2v) is 7.39. The standard InChI is InChI=1S/C22H34N6O/c1-4-23-22(25-17-21-26-18(2)19(3)29-21)24-11-8-12-27-13-15-28(16-14-27)20-9-6-5-7-10-20/h5-7,9-10H,4,8,11-17H2,1-3H3,(H2,23,24,25). The summed E-state index contributed by atoms with van der Waals surface area (Å²) in [5.41, 5.74) is 2.26. The monoisotopic (exact) mass is 398 g/mol. The maximum atomic E-state index is 5.60. The van der Waals surface area contributed by atoms with Gasteiger partial charge in [-0.25, -0.2) is 9.98 Å². The van der Waals surface area contributed by atoms with E-state index >= 15 is 0 Å². The molecular weight excluding hydrogens is 364 g/mol. The Morgan fingerprint density at radius 1 is 1.10 bits per heavy atom. The van der Waals surface area contributed by atoms with Crippen LogP contribution in [0.5, 0.6) is 0 Å². The summed E-state index contributed by atoms with van der Waals surface area (Å²) in [5, 5.41) is 6.70. The molecule has 1 saturated heterocycles. The Morgan fingerprint density at radius 2 is 1.86 bits per heavy atom. The van der Waals surface area contributed by atoms with Gasteiger partial charge in [0.1, 0.15) is 12.3 Å². The van der Waals surface area contributed by atoms with Crippen molar-refractivity contribution in [1.82, 2.24) is 20.5 Å². The third kappa shape index (κ3) is 6.49. The van der Waals surface area contributed by atoms with Gasteiger partial charge < -0.3 is 20.0 Å². The Bertz CT molecular complexity index is 745. The molecule has 0 radical (unpaired) electrons. The molecule has 0 unspecified atom stereocenters. The smallest absolute Gasteiger partial charge is 0.216 e. The van der Waals surface area contributed by atoms with E-state index in [1.165, 1.54) is 5.69 Å². The number of guanidine groups is 1. The zero-order valence-electron chi connectivity index (χ0n) is 17.9. The van der Waals surface area contributed by atoms with E-state index in [-0.39, 0.29) is 0 Å². The first-order valence-corrected chi connectivity index (χ1v) is 10.6. The second-order valence-electron chi connectivity index (χ2n) is 7.39. The molecule has 1 fully saturated rings. The van der Waals surface area contributed by atoms with Crippen molar-refractivity contribution in [3.8, 4) is 0 Å². The predicted octanol–water partition coefficient (Wildman–Crippen LogP) is 2.56. The van der Waals surface area contributed by atoms with Crippen LogP contribution in [0.2, 0.25) is 0 Å². The van der Waals surface area contributed by atoms with Gasteiger partial charge in [0.2, 0.25) is 5.89 Å². The van der Waals surface area contributed by atoms with E-state index in [0.29, 0.717) is 12.4 Å². The molecule has 2 N–H and O–H groups in total. The highest BCUT2D eigenvalue weighted by atomic mass is 16.4. The lowest BCUT2D eigenvalue weighted by atomic mass is 10.2. The third-order valence-electron chi connectivity index (χ3n) is 5.23. The van der Waals surface area contributed by atoms with E-state index in [9.17, 15) is 0 Å². The van der Waals surface area contributed by atoms with Crippen LogP contribution in [-0.4, -0.2) is 61.7 Å². The number of aryl methyl sites for hydroxylation is 2. The Kier molecular flexibility index (Phi) is 7.93. The molecule has 29 heavy (non-hydrogen) atoms. The molecule has 3 rings (SSSR count). The first-order chi connectivity index (χ1) is 14.2. The average molecular weight is 399 g/mol. The molecule has 1 aromatic carbocycles. The van der Waals surface area contributed by atoms with Gasteiger partial charge in [-0.05, 0) is 45.9 Å². The molecule has 1 aliphatic rings. The summed E-state index contributed by atoms with van der Waals surface area (Å²) in [5.74, 6) is 2.34. The second kappa shape index (κ2) is 10.9. The minimum atomic E-state index is 0.450. The lowest BCUT2D eigenvalue weighted by Gasteiger charge is -2.36. The quantitative estimate of drug-likeness (QED) is 0.405. The number of benzene rings is 1. The number of anilines is 1. The van der Waals surface area contributed by atoms with E-state index in [2.05, 4.69) is 67.7 Å². The van der Waals surface area contributed by atoms with Gasteiger partial charge >= 0.3 is 0 Å². The number of hydrogen-bond acceptors (Lipinski definition) is 5. The van der Waals surface area contributed by atoms with E-state index in [1.54, 1.807) is 0 Å². The number of hydrogen-bond donors (Lipinski definition) is 2. The first-order valence-electron chi connectivity index (χ1n) is 10.6. The zero-order chi connectivity index (χ0) is 20.5. The van der Waals surface area contributed by atoms with Crippen LogP contribution in [0.4, 0.5) is 5.69 Å². The molecule has 0 bridgehead atoms. The number of nitrogens with one attached hydrogen (secondary N) is 2. The maximum Gasteiger partial charge on any atom is 0.216 e. The van der Waals surface area contributed by atoms with Gasteiger partial charge in [0.25, 0.3) is 0 Å². The van der Waals surface area contributed by atoms with Gasteiger partial charge in [0, 0.05) is 45.0 Å². The van der Waals surface area contributed by atoms with Crippen LogP contribution in [0.3, 0.4) is 0 Å². The molecule has 0 amide bonds. The number of nitrogens with zero attached hydrogens (tertiary/aromatic N) is 4. The van der Waals surface area contributed by atoms with Gasteiger partial charge in [-0.15, -0.1) is 0 Å². The Morgan fingerprint density at radius 3 is 2.52 bits per heavy atom. The van der Waals surface area contributed by atoms with E-state index in [4.69, 9.17) is 4.42 Å². The molecule has 158 valence electrons. The highest BCUT2D eigenvalue weighted by molar-refractivity contribution is 5.79. The van der Waals surface area contributed by atoms with Gasteiger partial charge in [0.15, 0.2) is 5.96 Å². The van der Waals surface area contributed by atoms with Crippen LogP contribution in [0, 0.1) is 13.8 Å². The summed E-state index contributed by atoms with van der Waals surface area (Å²) in [6.45, 7) is 13.7. The SMILES string of the molecule is CCNC(=NCc1nc(C)c(C)o1)NCCCN1CCN(c2ccccc2)CC1. The molecule has 7 nitrogen and oxygen atoms in total. The molecule has 1 aromatic heterocycles. The zero-order valence-corrected chi connectivity index (χ0v) is 17.9. The Balaban J connectivity index is 1.36. The highest BCUT2D eigenvalue weighted by Gasteiger charge is 2.16. The molecule has 0 aliphatic carbocycles. The summed E-state index contributed by atoms with van der Waals surface area (Å²) < 4.78 is 5.60. The van der Waals surface area contributed by atoms with Gasteiger partial charge in [0.05, 0.1) is 5.69 Å². The Labute approximate surface area is 174 Å². The first kappa shape index (κ1) is 21.2. The highest BCUT2D eigenvalue weighted by Crippen LogP contribution is 2.15. The molecule has 2 aromatic rings. The van der Waals surface area contributed by atoms with E-state index in [1.807, 2.05) is 13.8 Å². The van der Waals surface area contributed by atoms with Crippen molar-refractivity contribution in [2.24, 2.45) is 4.99 Å². The van der Waals surface area contributed by atoms with Gasteiger partial charge in [-0.1, -0.05) is 18.2 Å². The van der Waals surface area contributed by atoms with Crippen molar-refractivity contribution in [2.45, 2.75) is 33.7 Å². The van der Waals surface area contributed by atoms with Crippen LogP contribution < -0.4 is 15.5 Å². The lowest BCUT2D eigenvalue weighted by Crippen LogP contribution is -2.47. The summed E-state index contributed by atoms with van der Waals surface area (Å²) >= 11 is 0. The van der Waals surface area contributed by atoms with E-state index in [0.717, 1.165) is 69.6 Å². The van der Waals surface area contributed by atoms with Crippen molar-refractivity contribution >= 4 is 11.6 Å². The van der Waals surface area contributed by atoms with Gasteiger partial charge in [-0.3, -0.25) is 4.90 Å². The van der Waals surface area contributed by atoms with Crippen LogP contribution in [0.15, 0.2) is 39.7 Å². The molecule has 0 spiro atoms. The van der Waals surface area contributed by atoms with Crippen LogP contribution in [-0.2, 0) is 6.54 Å². The Hall–Kier alpha value is -2.54. The minimum absolute atomic E-state index is 0.450. The molecule has 1 aliphatic heterocycles. The van der Waals surface area contributed by atoms with Crippen molar-refractivity contribution in [3.63, 3.8) is 0 Å². The summed E-state index contributed by atoms with van der Waals surface area (Å²) in [7, 11) is 0. The number of rotatable bonds is 8. The maximum absolute atomic E-state index is 5.60. The largest absolute Gasteiger partial charge is 0.444 e. The fourth-order valence-electron chi connectivity index (χ4n) is 3.47. The number of piperazine rings is 1. The number of aliphatic imine (C=N–C) groups is 1. The van der Waals surface area contributed by atoms with Crippen molar-refractivity contribution in [3.05, 3.63) is 47.7 Å². The van der Waals surface area contributed by atoms with Crippen LogP contribution in [0.25, 0.3) is 0 Å². The lowest BCUT2D eigenvalue weighted by molar-refractivity contribution is 0.255. The normalized spacial score (nSPS) is 15.6. The van der Waals surface area contributed by atoms with Crippen molar-refractivity contribution in [1.29, 1.82) is 0 Å².